The summed E-state index contributed by atoms with van der Waals surface area (Å²) in [5, 5.41) is 7.02. The van der Waals surface area contributed by atoms with Gasteiger partial charge in [-0.25, -0.2) is 4.99 Å². The number of guanidine groups is 1. The Morgan fingerprint density at radius 3 is 2.37 bits per heavy atom. The molecule has 0 amide bonds. The van der Waals surface area contributed by atoms with Crippen LogP contribution in [-0.4, -0.2) is 59.7 Å². The average molecular weight is 368 g/mol. The second-order valence-electron chi connectivity index (χ2n) is 7.75. The molecule has 1 aromatic carbocycles. The fourth-order valence-electron chi connectivity index (χ4n) is 3.54. The summed E-state index contributed by atoms with van der Waals surface area (Å²) >= 11 is 0. The van der Waals surface area contributed by atoms with Gasteiger partial charge in [0.1, 0.15) is 0 Å². The van der Waals surface area contributed by atoms with E-state index >= 15 is 0 Å². The molecule has 2 aliphatic heterocycles. The minimum absolute atomic E-state index is 0.962. The van der Waals surface area contributed by atoms with Crippen LogP contribution in [0.4, 0.5) is 5.69 Å². The van der Waals surface area contributed by atoms with Crippen molar-refractivity contribution in [2.24, 2.45) is 10.1 Å². The van der Waals surface area contributed by atoms with E-state index in [-0.39, 0.29) is 0 Å². The van der Waals surface area contributed by atoms with Gasteiger partial charge in [0, 0.05) is 37.5 Å². The molecule has 0 aliphatic carbocycles. The third-order valence-corrected chi connectivity index (χ3v) is 5.37. The van der Waals surface area contributed by atoms with Crippen molar-refractivity contribution < 1.29 is 0 Å². The van der Waals surface area contributed by atoms with Crippen LogP contribution in [0.3, 0.4) is 0 Å². The van der Waals surface area contributed by atoms with Crippen molar-refractivity contribution in [1.82, 2.24) is 14.8 Å². The molecule has 0 atom stereocenters. The maximum atomic E-state index is 5.08. The summed E-state index contributed by atoms with van der Waals surface area (Å²) in [4.78, 5) is 9.83. The number of fused-ring (bicyclic) bond motifs is 1. The van der Waals surface area contributed by atoms with Gasteiger partial charge in [0.05, 0.1) is 11.4 Å². The van der Waals surface area contributed by atoms with E-state index in [1.54, 1.807) is 0 Å². The Kier molecular flexibility index (Phi) is 6.00. The lowest BCUT2D eigenvalue weighted by atomic mass is 9.98. The summed E-state index contributed by atoms with van der Waals surface area (Å²) in [6, 6.07) is 6.67. The fourth-order valence-corrected chi connectivity index (χ4v) is 3.54. The van der Waals surface area contributed by atoms with E-state index in [9.17, 15) is 0 Å². The van der Waals surface area contributed by atoms with Crippen molar-refractivity contribution in [2.45, 2.75) is 47.5 Å². The van der Waals surface area contributed by atoms with Gasteiger partial charge in [0.15, 0.2) is 0 Å². The summed E-state index contributed by atoms with van der Waals surface area (Å²) in [7, 11) is 2.18. The second-order valence-corrected chi connectivity index (χ2v) is 7.75. The van der Waals surface area contributed by atoms with Gasteiger partial charge in [-0.15, -0.1) is 0 Å². The first-order valence-corrected chi connectivity index (χ1v) is 10.1. The molecule has 0 spiro atoms. The molecule has 1 saturated heterocycles. The number of aliphatic imine (C=N–C) groups is 1. The standard InChI is InChI=1S/C22H33N5/c1-7-17(5)21-19-15-18(8-2)9-10-20(19)23-22(27(21)24-16(3)4)26-13-11-25(6)12-14-26/h9-10,15H,7-8,11-14H2,1-6H3. The Labute approximate surface area is 164 Å². The van der Waals surface area contributed by atoms with Gasteiger partial charge in [-0.1, -0.05) is 19.9 Å². The van der Waals surface area contributed by atoms with Gasteiger partial charge < -0.3 is 9.80 Å². The first-order chi connectivity index (χ1) is 12.9. The van der Waals surface area contributed by atoms with Gasteiger partial charge in [0.2, 0.25) is 5.96 Å². The molecule has 2 aliphatic rings. The molecule has 1 aromatic rings. The third kappa shape index (κ3) is 4.08. The molecule has 3 rings (SSSR count). The largest absolute Gasteiger partial charge is 0.338 e. The van der Waals surface area contributed by atoms with Crippen molar-refractivity contribution >= 4 is 23.1 Å². The molecule has 5 nitrogen and oxygen atoms in total. The number of rotatable bonds is 3. The molecular formula is C22H33N5. The Morgan fingerprint density at radius 2 is 1.78 bits per heavy atom. The Bertz CT molecular complexity index is 778. The normalized spacial score (nSPS) is 19.6. The number of hydrogen-bond acceptors (Lipinski definition) is 5. The number of nitrogens with zero attached hydrogens (tertiary/aromatic N) is 5. The highest BCUT2D eigenvalue weighted by molar-refractivity contribution is 5.98. The first-order valence-electron chi connectivity index (χ1n) is 10.1. The number of aryl methyl sites for hydroxylation is 1. The van der Waals surface area contributed by atoms with Crippen LogP contribution in [0.5, 0.6) is 0 Å². The Morgan fingerprint density at radius 1 is 1.07 bits per heavy atom. The van der Waals surface area contributed by atoms with Crippen LogP contribution in [0.1, 0.15) is 52.2 Å². The summed E-state index contributed by atoms with van der Waals surface area (Å²) < 4.78 is 0. The molecular weight excluding hydrogens is 334 g/mol. The van der Waals surface area contributed by atoms with Crippen molar-refractivity contribution in [3.63, 3.8) is 0 Å². The molecule has 146 valence electrons. The van der Waals surface area contributed by atoms with Crippen molar-refractivity contribution in [3.8, 4) is 0 Å². The van der Waals surface area contributed by atoms with Crippen molar-refractivity contribution in [1.29, 1.82) is 0 Å². The van der Waals surface area contributed by atoms with Gasteiger partial charge in [0.25, 0.3) is 0 Å². The number of benzene rings is 1. The zero-order valence-electron chi connectivity index (χ0n) is 17.7. The lowest BCUT2D eigenvalue weighted by molar-refractivity contribution is 0.204. The predicted molar refractivity (Wildman–Crippen MR) is 115 cm³/mol. The summed E-state index contributed by atoms with van der Waals surface area (Å²) in [5.74, 6) is 0.962. The molecule has 0 unspecified atom stereocenters. The highest BCUT2D eigenvalue weighted by Gasteiger charge is 2.31. The number of piperazine rings is 1. The highest BCUT2D eigenvalue weighted by atomic mass is 15.6. The van der Waals surface area contributed by atoms with Gasteiger partial charge in [-0.2, -0.15) is 10.1 Å². The van der Waals surface area contributed by atoms with Crippen molar-refractivity contribution in [2.75, 3.05) is 33.2 Å². The summed E-state index contributed by atoms with van der Waals surface area (Å²) in [6.45, 7) is 14.8. The molecule has 0 bridgehead atoms. The van der Waals surface area contributed by atoms with E-state index < -0.39 is 0 Å². The van der Waals surface area contributed by atoms with Crippen LogP contribution < -0.4 is 0 Å². The number of allylic oxidation sites excluding steroid dienone is 1. The van der Waals surface area contributed by atoms with Gasteiger partial charge >= 0.3 is 0 Å². The smallest absolute Gasteiger partial charge is 0.227 e. The maximum Gasteiger partial charge on any atom is 0.227 e. The Balaban J connectivity index is 2.17. The number of hydrogen-bond donors (Lipinski definition) is 0. The number of hydrazone groups is 1. The maximum absolute atomic E-state index is 5.08. The average Bonchev–Trinajstić information content (AvgIpc) is 2.66. The zero-order valence-corrected chi connectivity index (χ0v) is 17.7. The van der Waals surface area contributed by atoms with Crippen LogP contribution in [0.2, 0.25) is 0 Å². The molecule has 2 heterocycles. The quantitative estimate of drug-likeness (QED) is 0.746. The minimum atomic E-state index is 0.962. The summed E-state index contributed by atoms with van der Waals surface area (Å²) in [5.41, 5.74) is 7.18. The Hall–Kier alpha value is -2.14. The van der Waals surface area contributed by atoms with E-state index in [2.05, 4.69) is 74.7 Å². The molecule has 0 aromatic heterocycles. The molecule has 0 radical (unpaired) electrons. The van der Waals surface area contributed by atoms with Crippen LogP contribution in [0.15, 0.2) is 33.9 Å². The summed E-state index contributed by atoms with van der Waals surface area (Å²) in [6.07, 6.45) is 2.02. The van der Waals surface area contributed by atoms with Gasteiger partial charge in [-0.05, 0) is 63.9 Å². The van der Waals surface area contributed by atoms with Crippen LogP contribution in [0, 0.1) is 0 Å². The molecule has 1 fully saturated rings. The molecule has 0 saturated carbocycles. The third-order valence-electron chi connectivity index (χ3n) is 5.37. The van der Waals surface area contributed by atoms with Crippen LogP contribution >= 0.6 is 0 Å². The van der Waals surface area contributed by atoms with Crippen LogP contribution in [0.25, 0.3) is 5.70 Å². The fraction of sp³-hybridized carbons (Fsp3) is 0.545. The monoisotopic (exact) mass is 367 g/mol. The van der Waals surface area contributed by atoms with E-state index in [0.29, 0.717) is 0 Å². The highest BCUT2D eigenvalue weighted by Crippen LogP contribution is 2.38. The van der Waals surface area contributed by atoms with E-state index in [0.717, 1.165) is 56.4 Å². The van der Waals surface area contributed by atoms with E-state index in [1.807, 2.05) is 0 Å². The SMILES string of the molecule is CCC(C)=C1c2cc(CC)ccc2N=C(N2CCN(C)CC2)N1N=C(C)C. The molecule has 27 heavy (non-hydrogen) atoms. The number of likely N-dealkylation sites (N-methyl/N-ethyl adjacent to an activating group) is 1. The predicted octanol–water partition coefficient (Wildman–Crippen LogP) is 4.34. The minimum Gasteiger partial charge on any atom is -0.338 e. The lowest BCUT2D eigenvalue weighted by Crippen LogP contribution is -2.51. The second kappa shape index (κ2) is 8.26. The van der Waals surface area contributed by atoms with Gasteiger partial charge in [-0.3, -0.25) is 0 Å². The molecule has 5 heteroatoms. The topological polar surface area (TPSA) is 34.4 Å². The van der Waals surface area contributed by atoms with Crippen LogP contribution in [-0.2, 0) is 6.42 Å². The van der Waals surface area contributed by atoms with E-state index in [1.165, 1.54) is 22.4 Å². The zero-order chi connectivity index (χ0) is 19.6. The lowest BCUT2D eigenvalue weighted by Gasteiger charge is -2.40. The molecule has 0 N–H and O–H groups in total. The first kappa shape index (κ1) is 19.6. The van der Waals surface area contributed by atoms with Crippen molar-refractivity contribution in [3.05, 3.63) is 34.9 Å². The van der Waals surface area contributed by atoms with E-state index in [4.69, 9.17) is 10.1 Å².